The Morgan fingerprint density at radius 3 is 2.52 bits per heavy atom. The number of carboxylic acids is 1. The first kappa shape index (κ1) is 17.4. The Kier molecular flexibility index (Phi) is 5.74. The summed E-state index contributed by atoms with van der Waals surface area (Å²) in [5.74, 6) is -1.05. The van der Waals surface area contributed by atoms with Gasteiger partial charge in [0, 0.05) is 0 Å². The summed E-state index contributed by atoms with van der Waals surface area (Å²) < 4.78 is 0. The second-order valence-corrected chi connectivity index (χ2v) is 6.27. The number of hydrogen-bond donors (Lipinski definition) is 3. The van der Waals surface area contributed by atoms with Crippen molar-refractivity contribution in [2.24, 2.45) is 0 Å². The fraction of sp³-hybridized carbons (Fsp3) is 0.421. The van der Waals surface area contributed by atoms with E-state index in [-0.39, 0.29) is 12.8 Å². The standard InChI is InChI=1S/C19H24O4/c1-12-3-7-18-14(9-12)5-4-13(2)17(18)8-6-15(20)10-16(21)11-19(22)23/h3-5,7,9,15-16,20-21H,6,8,10-11H2,1-2H3,(H,22,23). The van der Waals surface area contributed by atoms with Crippen LogP contribution in [0.1, 0.15) is 36.0 Å². The van der Waals surface area contributed by atoms with E-state index < -0.39 is 18.2 Å². The van der Waals surface area contributed by atoms with Gasteiger partial charge in [-0.15, -0.1) is 0 Å². The molecule has 2 aromatic rings. The molecule has 23 heavy (non-hydrogen) atoms. The maximum atomic E-state index is 10.5. The van der Waals surface area contributed by atoms with Crippen molar-refractivity contribution < 1.29 is 20.1 Å². The van der Waals surface area contributed by atoms with Gasteiger partial charge in [-0.1, -0.05) is 35.9 Å². The molecular weight excluding hydrogens is 292 g/mol. The second-order valence-electron chi connectivity index (χ2n) is 6.27. The summed E-state index contributed by atoms with van der Waals surface area (Å²) in [7, 11) is 0. The first-order chi connectivity index (χ1) is 10.9. The maximum Gasteiger partial charge on any atom is 0.305 e. The highest BCUT2D eigenvalue weighted by Gasteiger charge is 2.16. The quantitative estimate of drug-likeness (QED) is 0.734. The number of rotatable bonds is 7. The van der Waals surface area contributed by atoms with Crippen molar-refractivity contribution in [3.05, 3.63) is 47.0 Å². The first-order valence-electron chi connectivity index (χ1n) is 7.93. The van der Waals surface area contributed by atoms with Gasteiger partial charge in [0.15, 0.2) is 0 Å². The number of hydrogen-bond acceptors (Lipinski definition) is 3. The summed E-state index contributed by atoms with van der Waals surface area (Å²) in [4.78, 5) is 10.5. The second kappa shape index (κ2) is 7.57. The third-order valence-electron chi connectivity index (χ3n) is 4.20. The number of benzene rings is 2. The van der Waals surface area contributed by atoms with Crippen molar-refractivity contribution in [3.8, 4) is 0 Å². The molecule has 0 fully saturated rings. The summed E-state index contributed by atoms with van der Waals surface area (Å²) in [6.45, 7) is 4.12. The lowest BCUT2D eigenvalue weighted by molar-refractivity contribution is -0.139. The number of carboxylic acid groups (broad SMARTS) is 1. The number of aryl methyl sites for hydroxylation is 3. The highest BCUT2D eigenvalue weighted by Crippen LogP contribution is 2.25. The van der Waals surface area contributed by atoms with Crippen LogP contribution in [0.3, 0.4) is 0 Å². The van der Waals surface area contributed by atoms with Crippen LogP contribution in [-0.4, -0.2) is 33.5 Å². The molecule has 0 saturated heterocycles. The molecule has 2 unspecified atom stereocenters. The van der Waals surface area contributed by atoms with Crippen molar-refractivity contribution in [2.75, 3.05) is 0 Å². The van der Waals surface area contributed by atoms with Crippen LogP contribution < -0.4 is 0 Å². The van der Waals surface area contributed by atoms with Crippen LogP contribution in [0.2, 0.25) is 0 Å². The van der Waals surface area contributed by atoms with E-state index in [9.17, 15) is 15.0 Å². The van der Waals surface area contributed by atoms with Gasteiger partial charge in [-0.2, -0.15) is 0 Å². The van der Waals surface area contributed by atoms with E-state index in [1.165, 1.54) is 27.5 Å². The summed E-state index contributed by atoms with van der Waals surface area (Å²) in [6.07, 6.45) is -0.737. The van der Waals surface area contributed by atoms with E-state index in [0.717, 1.165) is 0 Å². The van der Waals surface area contributed by atoms with Crippen LogP contribution >= 0.6 is 0 Å². The van der Waals surface area contributed by atoms with E-state index in [2.05, 4.69) is 44.2 Å². The van der Waals surface area contributed by atoms with Gasteiger partial charge < -0.3 is 15.3 Å². The monoisotopic (exact) mass is 316 g/mol. The molecule has 0 aliphatic rings. The summed E-state index contributed by atoms with van der Waals surface area (Å²) in [5.41, 5.74) is 3.60. The molecule has 0 amide bonds. The molecule has 2 aromatic carbocycles. The van der Waals surface area contributed by atoms with Crippen molar-refractivity contribution in [1.29, 1.82) is 0 Å². The number of aliphatic hydroxyl groups excluding tert-OH is 2. The van der Waals surface area contributed by atoms with E-state index in [1.54, 1.807) is 0 Å². The van der Waals surface area contributed by atoms with Gasteiger partial charge in [-0.3, -0.25) is 4.79 Å². The minimum absolute atomic E-state index is 0.0925. The van der Waals surface area contributed by atoms with Crippen molar-refractivity contribution >= 4 is 16.7 Å². The van der Waals surface area contributed by atoms with Crippen LogP contribution in [0, 0.1) is 13.8 Å². The Balaban J connectivity index is 2.07. The molecule has 0 spiro atoms. The van der Waals surface area contributed by atoms with Crippen molar-refractivity contribution in [2.45, 2.75) is 51.7 Å². The fourth-order valence-corrected chi connectivity index (χ4v) is 2.98. The van der Waals surface area contributed by atoms with Gasteiger partial charge in [-0.05, 0) is 55.0 Å². The SMILES string of the molecule is Cc1ccc2c(CCC(O)CC(O)CC(=O)O)c(C)ccc2c1. The average molecular weight is 316 g/mol. The molecule has 3 N–H and O–H groups in total. The largest absolute Gasteiger partial charge is 0.481 e. The molecule has 2 rings (SSSR count). The third kappa shape index (κ3) is 4.78. The molecule has 0 aliphatic heterocycles. The van der Waals surface area contributed by atoms with Crippen LogP contribution in [0.4, 0.5) is 0 Å². The minimum atomic E-state index is -1.05. The third-order valence-corrected chi connectivity index (χ3v) is 4.20. The van der Waals surface area contributed by atoms with Crippen LogP contribution in [-0.2, 0) is 11.2 Å². The molecular formula is C19H24O4. The molecule has 0 aromatic heterocycles. The average Bonchev–Trinajstić information content (AvgIpc) is 2.45. The van der Waals surface area contributed by atoms with Gasteiger partial charge >= 0.3 is 5.97 Å². The van der Waals surface area contributed by atoms with Gasteiger partial charge in [0.05, 0.1) is 18.6 Å². The van der Waals surface area contributed by atoms with Gasteiger partial charge in [-0.25, -0.2) is 0 Å². The fourth-order valence-electron chi connectivity index (χ4n) is 2.98. The molecule has 0 heterocycles. The maximum absolute atomic E-state index is 10.5. The number of aliphatic hydroxyl groups is 2. The Morgan fingerprint density at radius 2 is 1.83 bits per heavy atom. The zero-order valence-electron chi connectivity index (χ0n) is 13.6. The summed E-state index contributed by atoms with van der Waals surface area (Å²) in [5, 5.41) is 30.7. The van der Waals surface area contributed by atoms with Crippen LogP contribution in [0.15, 0.2) is 30.3 Å². The predicted octanol–water partition coefficient (Wildman–Crippen LogP) is 2.98. The zero-order valence-corrected chi connectivity index (χ0v) is 13.6. The molecule has 4 nitrogen and oxygen atoms in total. The number of fused-ring (bicyclic) bond motifs is 1. The van der Waals surface area contributed by atoms with Crippen LogP contribution in [0.5, 0.6) is 0 Å². The lowest BCUT2D eigenvalue weighted by atomic mass is 9.93. The molecule has 2 atom stereocenters. The molecule has 0 radical (unpaired) electrons. The number of carbonyl (C=O) groups is 1. The zero-order chi connectivity index (χ0) is 17.0. The van der Waals surface area contributed by atoms with E-state index in [1.807, 2.05) is 0 Å². The Morgan fingerprint density at radius 1 is 1.09 bits per heavy atom. The molecule has 4 heteroatoms. The molecule has 0 saturated carbocycles. The highest BCUT2D eigenvalue weighted by molar-refractivity contribution is 5.87. The van der Waals surface area contributed by atoms with Crippen LogP contribution in [0.25, 0.3) is 10.8 Å². The van der Waals surface area contributed by atoms with Gasteiger partial charge in [0.2, 0.25) is 0 Å². The number of aliphatic carboxylic acids is 1. The Bertz CT molecular complexity index is 693. The topological polar surface area (TPSA) is 77.8 Å². The minimum Gasteiger partial charge on any atom is -0.481 e. The summed E-state index contributed by atoms with van der Waals surface area (Å²) >= 11 is 0. The molecule has 124 valence electrons. The Labute approximate surface area is 136 Å². The normalized spacial score (nSPS) is 13.9. The predicted molar refractivity (Wildman–Crippen MR) is 90.6 cm³/mol. The van der Waals surface area contributed by atoms with E-state index in [4.69, 9.17) is 5.11 Å². The molecule has 0 bridgehead atoms. The van der Waals surface area contributed by atoms with E-state index >= 15 is 0 Å². The van der Waals surface area contributed by atoms with E-state index in [0.29, 0.717) is 12.8 Å². The lowest BCUT2D eigenvalue weighted by Gasteiger charge is -2.16. The van der Waals surface area contributed by atoms with Crippen molar-refractivity contribution in [3.63, 3.8) is 0 Å². The smallest absolute Gasteiger partial charge is 0.305 e. The van der Waals surface area contributed by atoms with Gasteiger partial charge in [0.1, 0.15) is 0 Å². The Hall–Kier alpha value is -1.91. The highest BCUT2D eigenvalue weighted by atomic mass is 16.4. The summed E-state index contributed by atoms with van der Waals surface area (Å²) in [6, 6.07) is 10.5. The van der Waals surface area contributed by atoms with Gasteiger partial charge in [0.25, 0.3) is 0 Å². The lowest BCUT2D eigenvalue weighted by Crippen LogP contribution is -2.21. The van der Waals surface area contributed by atoms with Crippen molar-refractivity contribution in [1.82, 2.24) is 0 Å². The molecule has 0 aliphatic carbocycles. The first-order valence-corrected chi connectivity index (χ1v) is 7.93.